The minimum atomic E-state index is -0.538. The normalized spacial score (nSPS) is 11.5. The van der Waals surface area contributed by atoms with Gasteiger partial charge in [0.1, 0.15) is 12.2 Å². The van der Waals surface area contributed by atoms with Gasteiger partial charge in [-0.25, -0.2) is 19.0 Å². The van der Waals surface area contributed by atoms with E-state index >= 15 is 0 Å². The molecule has 0 N–H and O–H groups in total. The number of ether oxygens (including phenoxy) is 2. The number of amides is 1. The molecule has 0 aliphatic rings. The van der Waals surface area contributed by atoms with E-state index in [0.717, 1.165) is 16.9 Å². The largest absolute Gasteiger partial charge is 0.475 e. The number of hydrogen-bond donors (Lipinski definition) is 0. The summed E-state index contributed by atoms with van der Waals surface area (Å²) >= 11 is 0. The minimum absolute atomic E-state index is 0.285. The van der Waals surface area contributed by atoms with Gasteiger partial charge in [0.15, 0.2) is 5.65 Å². The number of carbonyl (C=O) groups is 1. The number of carbonyl (C=O) groups excluding carboxylic acids is 1. The van der Waals surface area contributed by atoms with E-state index in [1.54, 1.807) is 41.8 Å². The summed E-state index contributed by atoms with van der Waals surface area (Å²) in [4.78, 5) is 17.8. The number of likely N-dealkylation sites (N-methyl/N-ethyl adjacent to an activating group) is 1. The Morgan fingerprint density at radius 3 is 2.76 bits per heavy atom. The molecule has 0 radical (unpaired) electrons. The van der Waals surface area contributed by atoms with Crippen LogP contribution in [0.25, 0.3) is 23.0 Å². The molecule has 0 aromatic carbocycles. The van der Waals surface area contributed by atoms with Crippen LogP contribution in [0.2, 0.25) is 0 Å². The van der Waals surface area contributed by atoms with Gasteiger partial charge in [-0.15, -0.1) is 0 Å². The predicted molar refractivity (Wildman–Crippen MR) is 110 cm³/mol. The van der Waals surface area contributed by atoms with Crippen molar-refractivity contribution in [3.63, 3.8) is 0 Å². The van der Waals surface area contributed by atoms with E-state index < -0.39 is 11.7 Å². The fourth-order valence-electron chi connectivity index (χ4n) is 2.66. The maximum atomic E-state index is 12.1. The molecule has 9 nitrogen and oxygen atoms in total. The van der Waals surface area contributed by atoms with Gasteiger partial charge in [-0.3, -0.25) is 0 Å². The third kappa shape index (κ3) is 4.56. The summed E-state index contributed by atoms with van der Waals surface area (Å²) in [5.74, 6) is 0.565. The molecule has 1 amide bonds. The summed E-state index contributed by atoms with van der Waals surface area (Å²) in [7, 11) is 3.47. The SMILES string of the molecule is C=Cc1cnc2ccc(-c3cnn(C)c3OCCN(C)C(=O)OC(C)(C)C)nn12. The van der Waals surface area contributed by atoms with Gasteiger partial charge in [-0.1, -0.05) is 6.58 Å². The topological polar surface area (TPSA) is 86.8 Å². The van der Waals surface area contributed by atoms with Crippen LogP contribution in [0.4, 0.5) is 4.79 Å². The molecule has 3 heterocycles. The summed E-state index contributed by atoms with van der Waals surface area (Å²) in [5, 5.41) is 8.91. The summed E-state index contributed by atoms with van der Waals surface area (Å²) in [6.45, 7) is 9.94. The zero-order valence-corrected chi connectivity index (χ0v) is 17.4. The molecular formula is C20H26N6O3. The highest BCUT2D eigenvalue weighted by Crippen LogP contribution is 2.28. The molecule has 3 aromatic heterocycles. The van der Waals surface area contributed by atoms with E-state index in [1.165, 1.54) is 4.90 Å². The Hall–Kier alpha value is -3.36. The van der Waals surface area contributed by atoms with Crippen molar-refractivity contribution >= 4 is 17.8 Å². The third-order valence-electron chi connectivity index (χ3n) is 4.13. The second kappa shape index (κ2) is 7.94. The first kappa shape index (κ1) is 20.4. The minimum Gasteiger partial charge on any atom is -0.475 e. The van der Waals surface area contributed by atoms with Crippen LogP contribution in [0.5, 0.6) is 5.88 Å². The molecule has 0 aliphatic heterocycles. The van der Waals surface area contributed by atoms with Crippen molar-refractivity contribution in [2.75, 3.05) is 20.2 Å². The highest BCUT2D eigenvalue weighted by atomic mass is 16.6. The summed E-state index contributed by atoms with van der Waals surface area (Å²) in [6.07, 6.45) is 4.72. The van der Waals surface area contributed by atoms with Crippen LogP contribution in [-0.4, -0.2) is 61.2 Å². The maximum Gasteiger partial charge on any atom is 0.410 e. The lowest BCUT2D eigenvalue weighted by Gasteiger charge is -2.24. The molecule has 0 saturated carbocycles. The lowest BCUT2D eigenvalue weighted by molar-refractivity contribution is 0.0276. The zero-order valence-electron chi connectivity index (χ0n) is 17.4. The van der Waals surface area contributed by atoms with Crippen molar-refractivity contribution < 1.29 is 14.3 Å². The van der Waals surface area contributed by atoms with Gasteiger partial charge in [0, 0.05) is 14.1 Å². The molecule has 29 heavy (non-hydrogen) atoms. The summed E-state index contributed by atoms with van der Waals surface area (Å²) in [6, 6.07) is 3.74. The Labute approximate surface area is 169 Å². The van der Waals surface area contributed by atoms with Gasteiger partial charge >= 0.3 is 6.09 Å². The van der Waals surface area contributed by atoms with Crippen LogP contribution in [0.15, 0.2) is 31.1 Å². The molecule has 0 spiro atoms. The Balaban J connectivity index is 1.73. The van der Waals surface area contributed by atoms with Crippen molar-refractivity contribution in [3.8, 4) is 17.1 Å². The van der Waals surface area contributed by atoms with Crippen LogP contribution in [0.1, 0.15) is 26.5 Å². The van der Waals surface area contributed by atoms with Gasteiger partial charge in [0.05, 0.1) is 35.9 Å². The van der Waals surface area contributed by atoms with Gasteiger partial charge in [0.25, 0.3) is 0 Å². The molecule has 0 bridgehead atoms. The van der Waals surface area contributed by atoms with Crippen LogP contribution in [0, 0.1) is 0 Å². The molecule has 0 aliphatic carbocycles. The third-order valence-corrected chi connectivity index (χ3v) is 4.13. The van der Waals surface area contributed by atoms with E-state index in [9.17, 15) is 4.79 Å². The van der Waals surface area contributed by atoms with Gasteiger partial charge in [-0.05, 0) is 39.0 Å². The van der Waals surface area contributed by atoms with Gasteiger partial charge in [0.2, 0.25) is 5.88 Å². The van der Waals surface area contributed by atoms with E-state index in [2.05, 4.69) is 21.8 Å². The summed E-state index contributed by atoms with van der Waals surface area (Å²) in [5.41, 5.74) is 2.44. The predicted octanol–water partition coefficient (Wildman–Crippen LogP) is 3.02. The number of imidazole rings is 1. The fraction of sp³-hybridized carbons (Fsp3) is 0.400. The average molecular weight is 398 g/mol. The first-order valence-corrected chi connectivity index (χ1v) is 9.26. The van der Waals surface area contributed by atoms with E-state index in [4.69, 9.17) is 9.47 Å². The van der Waals surface area contributed by atoms with Crippen molar-refractivity contribution in [2.45, 2.75) is 26.4 Å². The number of hydrogen-bond acceptors (Lipinski definition) is 6. The first-order chi connectivity index (χ1) is 13.7. The highest BCUT2D eigenvalue weighted by molar-refractivity contribution is 5.68. The number of aromatic nitrogens is 5. The van der Waals surface area contributed by atoms with Crippen LogP contribution < -0.4 is 4.74 Å². The Kier molecular flexibility index (Phi) is 5.58. The second-order valence-corrected chi connectivity index (χ2v) is 7.61. The standard InChI is InChI=1S/C20H26N6O3/c1-7-14-12-21-17-9-8-16(23-26(14)17)15-13-22-25(6)18(15)28-11-10-24(5)19(27)29-20(2,3)4/h7-9,12-13H,1,10-11H2,2-6H3. The van der Waals surface area contributed by atoms with Crippen LogP contribution in [-0.2, 0) is 11.8 Å². The molecule has 3 rings (SSSR count). The monoisotopic (exact) mass is 398 g/mol. The number of fused-ring (bicyclic) bond motifs is 1. The highest BCUT2D eigenvalue weighted by Gasteiger charge is 2.20. The van der Waals surface area contributed by atoms with Crippen LogP contribution >= 0.6 is 0 Å². The van der Waals surface area contributed by atoms with E-state index in [0.29, 0.717) is 18.1 Å². The van der Waals surface area contributed by atoms with Crippen molar-refractivity contribution in [2.24, 2.45) is 7.05 Å². The molecule has 0 unspecified atom stereocenters. The summed E-state index contributed by atoms with van der Waals surface area (Å²) < 4.78 is 14.6. The maximum absolute atomic E-state index is 12.1. The van der Waals surface area contributed by atoms with Gasteiger partial charge in [-0.2, -0.15) is 10.2 Å². The molecule has 0 fully saturated rings. The molecule has 9 heteroatoms. The lowest BCUT2D eigenvalue weighted by Crippen LogP contribution is -2.36. The Morgan fingerprint density at radius 1 is 1.31 bits per heavy atom. The Bertz CT molecular complexity index is 1030. The van der Waals surface area contributed by atoms with E-state index in [1.807, 2.05) is 32.9 Å². The number of aryl methyl sites for hydroxylation is 1. The number of rotatable bonds is 6. The quantitative estimate of drug-likeness (QED) is 0.634. The second-order valence-electron chi connectivity index (χ2n) is 7.61. The van der Waals surface area contributed by atoms with E-state index in [-0.39, 0.29) is 6.61 Å². The smallest absolute Gasteiger partial charge is 0.410 e. The molecule has 154 valence electrons. The molecule has 0 saturated heterocycles. The van der Waals surface area contributed by atoms with Crippen molar-refractivity contribution in [1.82, 2.24) is 29.3 Å². The van der Waals surface area contributed by atoms with Gasteiger partial charge < -0.3 is 14.4 Å². The van der Waals surface area contributed by atoms with Crippen LogP contribution in [0.3, 0.4) is 0 Å². The lowest BCUT2D eigenvalue weighted by atomic mass is 10.2. The van der Waals surface area contributed by atoms with Crippen molar-refractivity contribution in [3.05, 3.63) is 36.8 Å². The average Bonchev–Trinajstić information content (AvgIpc) is 3.23. The molecule has 3 aromatic rings. The Morgan fingerprint density at radius 2 is 2.07 bits per heavy atom. The fourth-order valence-corrected chi connectivity index (χ4v) is 2.66. The molecular weight excluding hydrogens is 372 g/mol. The number of nitrogens with zero attached hydrogens (tertiary/aromatic N) is 6. The zero-order chi connectivity index (χ0) is 21.2. The van der Waals surface area contributed by atoms with Crippen molar-refractivity contribution in [1.29, 1.82) is 0 Å². The molecule has 0 atom stereocenters. The first-order valence-electron chi connectivity index (χ1n) is 9.26.